The van der Waals surface area contributed by atoms with Crippen LogP contribution in [0.2, 0.25) is 0 Å². The van der Waals surface area contributed by atoms with Crippen LogP contribution in [0.1, 0.15) is 62.9 Å². The summed E-state index contributed by atoms with van der Waals surface area (Å²) in [6, 6.07) is 14.1. The summed E-state index contributed by atoms with van der Waals surface area (Å²) in [5.41, 5.74) is 2.75. The zero-order chi connectivity index (χ0) is 28.9. The van der Waals surface area contributed by atoms with Gasteiger partial charge in [-0.05, 0) is 114 Å². The Bertz CT molecular complexity index is 1390. The summed E-state index contributed by atoms with van der Waals surface area (Å²) in [6.07, 6.45) is 4.25. The van der Waals surface area contributed by atoms with Crippen molar-refractivity contribution in [3.8, 4) is 17.9 Å². The lowest BCUT2D eigenvalue weighted by molar-refractivity contribution is -0.140. The van der Waals surface area contributed by atoms with Gasteiger partial charge in [-0.15, -0.1) is 0 Å². The molecule has 1 fully saturated rings. The van der Waals surface area contributed by atoms with Gasteiger partial charge >= 0.3 is 6.18 Å². The molecule has 40 heavy (non-hydrogen) atoms. The summed E-state index contributed by atoms with van der Waals surface area (Å²) in [7, 11) is 4.30. The van der Waals surface area contributed by atoms with Crippen LogP contribution in [0.25, 0.3) is 10.9 Å². The van der Waals surface area contributed by atoms with Crippen LogP contribution >= 0.6 is 0 Å². The van der Waals surface area contributed by atoms with Gasteiger partial charge in [0.05, 0.1) is 41.3 Å². The molecule has 0 aliphatic heterocycles. The van der Waals surface area contributed by atoms with E-state index in [9.17, 15) is 18.4 Å². The number of nitriles is 1. The number of benzene rings is 1. The number of hydrogen-bond donors (Lipinski definition) is 1. The molecule has 1 aliphatic carbocycles. The first-order valence-corrected chi connectivity index (χ1v) is 13.9. The van der Waals surface area contributed by atoms with E-state index in [0.29, 0.717) is 28.9 Å². The smallest absolute Gasteiger partial charge is 0.373 e. The van der Waals surface area contributed by atoms with E-state index in [1.807, 2.05) is 18.2 Å². The maximum Gasteiger partial charge on any atom is 0.406 e. The van der Waals surface area contributed by atoms with Crippen LogP contribution in [-0.2, 0) is 18.4 Å². The molecule has 0 spiro atoms. The molecule has 0 radical (unpaired) electrons. The SMILES string of the molecule is CN(C)C1CCC(CCc2ccc3c(c2)cc(C#CCNc2ccc(C(C)(C)C#N)nc2)n3CC(F)(F)F)CC1. The first-order chi connectivity index (χ1) is 18.9. The van der Waals surface area contributed by atoms with Gasteiger partial charge in [-0.2, -0.15) is 18.4 Å². The number of nitrogens with zero attached hydrogens (tertiary/aromatic N) is 4. The Morgan fingerprint density at radius 1 is 1.07 bits per heavy atom. The summed E-state index contributed by atoms with van der Waals surface area (Å²) in [5, 5.41) is 13.2. The lowest BCUT2D eigenvalue weighted by Crippen LogP contribution is -2.32. The molecule has 1 saturated carbocycles. The second kappa shape index (κ2) is 12.4. The molecule has 3 aromatic rings. The van der Waals surface area contributed by atoms with Gasteiger partial charge in [-0.3, -0.25) is 4.98 Å². The highest BCUT2D eigenvalue weighted by Crippen LogP contribution is 2.31. The topological polar surface area (TPSA) is 56.9 Å². The average molecular weight is 550 g/mol. The van der Waals surface area contributed by atoms with Crippen LogP contribution in [-0.4, -0.2) is 47.3 Å². The summed E-state index contributed by atoms with van der Waals surface area (Å²) in [6.45, 7) is 2.77. The number of aryl methyl sites for hydroxylation is 1. The molecule has 1 aliphatic rings. The van der Waals surface area contributed by atoms with Crippen molar-refractivity contribution < 1.29 is 13.2 Å². The fraction of sp³-hybridized carbons (Fsp3) is 0.500. The largest absolute Gasteiger partial charge is 0.406 e. The molecular formula is C32H38F3N5. The number of halogens is 3. The van der Waals surface area contributed by atoms with Crippen molar-refractivity contribution in [1.82, 2.24) is 14.5 Å². The summed E-state index contributed by atoms with van der Waals surface area (Å²) >= 11 is 0. The molecule has 0 bridgehead atoms. The molecule has 8 heteroatoms. The Morgan fingerprint density at radius 2 is 1.82 bits per heavy atom. The second-order valence-corrected chi connectivity index (χ2v) is 11.6. The number of rotatable bonds is 8. The first kappa shape index (κ1) is 29.5. The van der Waals surface area contributed by atoms with Crippen LogP contribution in [0, 0.1) is 29.1 Å². The number of anilines is 1. The number of pyridine rings is 1. The van der Waals surface area contributed by atoms with E-state index in [-0.39, 0.29) is 6.54 Å². The number of fused-ring (bicyclic) bond motifs is 1. The molecule has 4 rings (SSSR count). The molecular weight excluding hydrogens is 511 g/mol. The van der Waals surface area contributed by atoms with Crippen LogP contribution in [0.15, 0.2) is 42.6 Å². The van der Waals surface area contributed by atoms with Gasteiger partial charge in [0.2, 0.25) is 0 Å². The normalized spacial score (nSPS) is 17.9. The van der Waals surface area contributed by atoms with E-state index in [0.717, 1.165) is 29.5 Å². The summed E-state index contributed by atoms with van der Waals surface area (Å²) in [5.74, 6) is 6.60. The quantitative estimate of drug-likeness (QED) is 0.310. The number of alkyl halides is 3. The van der Waals surface area contributed by atoms with E-state index < -0.39 is 18.1 Å². The second-order valence-electron chi connectivity index (χ2n) is 11.6. The molecule has 0 unspecified atom stereocenters. The molecule has 5 nitrogen and oxygen atoms in total. The molecule has 0 amide bonds. The monoisotopic (exact) mass is 549 g/mol. The Kier molecular flexibility index (Phi) is 9.11. The van der Waals surface area contributed by atoms with Gasteiger partial charge < -0.3 is 14.8 Å². The summed E-state index contributed by atoms with van der Waals surface area (Å²) in [4.78, 5) is 6.66. The van der Waals surface area contributed by atoms with Crippen LogP contribution < -0.4 is 5.32 Å². The molecule has 2 aromatic heterocycles. The zero-order valence-electron chi connectivity index (χ0n) is 23.8. The predicted octanol–water partition coefficient (Wildman–Crippen LogP) is 6.92. The molecule has 2 heterocycles. The highest BCUT2D eigenvalue weighted by Gasteiger charge is 2.30. The van der Waals surface area contributed by atoms with E-state index in [1.165, 1.54) is 30.3 Å². The fourth-order valence-corrected chi connectivity index (χ4v) is 5.46. The van der Waals surface area contributed by atoms with E-state index >= 15 is 0 Å². The highest BCUT2D eigenvalue weighted by atomic mass is 19.4. The third kappa shape index (κ3) is 7.58. The Morgan fingerprint density at radius 3 is 2.45 bits per heavy atom. The minimum Gasteiger partial charge on any atom is -0.373 e. The maximum absolute atomic E-state index is 13.5. The Hall–Kier alpha value is -3.49. The predicted molar refractivity (Wildman–Crippen MR) is 154 cm³/mol. The van der Waals surface area contributed by atoms with Gasteiger partial charge in [0.1, 0.15) is 6.54 Å². The van der Waals surface area contributed by atoms with Gasteiger partial charge in [0.25, 0.3) is 0 Å². The van der Waals surface area contributed by atoms with Crippen LogP contribution in [0.5, 0.6) is 0 Å². The molecule has 0 atom stereocenters. The van der Waals surface area contributed by atoms with Gasteiger partial charge in [0.15, 0.2) is 0 Å². The van der Waals surface area contributed by atoms with Crippen LogP contribution in [0.3, 0.4) is 0 Å². The lowest BCUT2D eigenvalue weighted by Gasteiger charge is -2.32. The average Bonchev–Trinajstić information content (AvgIpc) is 3.25. The standard InChI is InChI=1S/C32H38F3N5/c1-31(2,21-36)30-16-12-26(20-38-30)37-17-5-6-28-19-25-18-24(11-15-29(25)40(28)22-32(33,34)35)8-7-23-9-13-27(14-10-23)39(3)4/h11-12,15-16,18-20,23,27,37H,7-10,13-14,17,22H2,1-4H3. The third-order valence-electron chi connectivity index (χ3n) is 7.97. The summed E-state index contributed by atoms with van der Waals surface area (Å²) < 4.78 is 41.6. The van der Waals surface area contributed by atoms with E-state index in [2.05, 4.69) is 47.2 Å². The van der Waals surface area contributed by atoms with E-state index in [4.69, 9.17) is 0 Å². The minimum absolute atomic E-state index is 0.248. The van der Waals surface area contributed by atoms with Crippen molar-refractivity contribution in [3.05, 3.63) is 59.5 Å². The molecule has 1 aromatic carbocycles. The van der Waals surface area contributed by atoms with Crippen LogP contribution in [0.4, 0.5) is 18.9 Å². The molecule has 1 N–H and O–H groups in total. The van der Waals surface area contributed by atoms with E-state index in [1.54, 1.807) is 38.2 Å². The fourth-order valence-electron chi connectivity index (χ4n) is 5.46. The zero-order valence-corrected chi connectivity index (χ0v) is 23.8. The number of nitrogens with one attached hydrogen (secondary N) is 1. The van der Waals surface area contributed by atoms with Crippen molar-refractivity contribution in [3.63, 3.8) is 0 Å². The number of hydrogen-bond acceptors (Lipinski definition) is 4. The van der Waals surface area contributed by atoms with Gasteiger partial charge in [0, 0.05) is 16.9 Å². The lowest BCUT2D eigenvalue weighted by atomic mass is 9.82. The molecule has 0 saturated heterocycles. The van der Waals surface area contributed by atoms with Crippen molar-refractivity contribution in [2.75, 3.05) is 26.0 Å². The Labute approximate surface area is 235 Å². The van der Waals surface area contributed by atoms with Crippen molar-refractivity contribution in [2.45, 2.75) is 76.6 Å². The Balaban J connectivity index is 1.44. The van der Waals surface area contributed by atoms with Gasteiger partial charge in [-0.1, -0.05) is 12.0 Å². The third-order valence-corrected chi connectivity index (χ3v) is 7.97. The number of aromatic nitrogens is 2. The van der Waals surface area contributed by atoms with Crippen molar-refractivity contribution >= 4 is 16.6 Å². The van der Waals surface area contributed by atoms with Crippen molar-refractivity contribution in [1.29, 1.82) is 5.26 Å². The maximum atomic E-state index is 13.5. The van der Waals surface area contributed by atoms with Gasteiger partial charge in [-0.25, -0.2) is 0 Å². The first-order valence-electron chi connectivity index (χ1n) is 13.9. The molecule has 212 valence electrons. The highest BCUT2D eigenvalue weighted by molar-refractivity contribution is 5.83. The van der Waals surface area contributed by atoms with Crippen molar-refractivity contribution in [2.24, 2.45) is 5.92 Å². The minimum atomic E-state index is -4.35.